The van der Waals surface area contributed by atoms with Crippen LogP contribution in [0.1, 0.15) is 16.7 Å². The van der Waals surface area contributed by atoms with Gasteiger partial charge < -0.3 is 9.73 Å². The number of carbonyl (C=O) groups is 1. The monoisotopic (exact) mass is 317 g/mol. The lowest BCUT2D eigenvalue weighted by Crippen LogP contribution is -2.17. The Morgan fingerprint density at radius 2 is 2.05 bits per heavy atom. The summed E-state index contributed by atoms with van der Waals surface area (Å²) in [6, 6.07) is 3.76. The average Bonchev–Trinajstić information content (AvgIpc) is 2.70. The number of aryl methyl sites for hydroxylation is 2. The Kier molecular flexibility index (Phi) is 3.43. The lowest BCUT2D eigenvalue weighted by Gasteiger charge is -2.04. The van der Waals surface area contributed by atoms with E-state index in [0.29, 0.717) is 25.8 Å². The molecule has 1 aromatic heterocycles. The van der Waals surface area contributed by atoms with Crippen molar-refractivity contribution < 1.29 is 9.21 Å². The molecule has 1 fully saturated rings. The van der Waals surface area contributed by atoms with Crippen LogP contribution in [0, 0.1) is 13.8 Å². The first kappa shape index (κ1) is 14.0. The molecule has 6 heteroatoms. The summed E-state index contributed by atoms with van der Waals surface area (Å²) in [5, 5.41) is 3.06. The highest BCUT2D eigenvalue weighted by molar-refractivity contribution is 8.26. The molecule has 1 aromatic carbocycles. The summed E-state index contributed by atoms with van der Waals surface area (Å²) >= 11 is 6.06. The fourth-order valence-electron chi connectivity index (χ4n) is 2.30. The zero-order valence-corrected chi connectivity index (χ0v) is 13.0. The van der Waals surface area contributed by atoms with E-state index in [4.69, 9.17) is 16.6 Å². The van der Waals surface area contributed by atoms with E-state index in [2.05, 4.69) is 5.32 Å². The second-order valence-electron chi connectivity index (χ2n) is 4.83. The maximum absolute atomic E-state index is 12.6. The van der Waals surface area contributed by atoms with E-state index < -0.39 is 0 Å². The van der Waals surface area contributed by atoms with Gasteiger partial charge in [-0.1, -0.05) is 30.0 Å². The van der Waals surface area contributed by atoms with E-state index in [0.717, 1.165) is 22.9 Å². The zero-order chi connectivity index (χ0) is 15.1. The summed E-state index contributed by atoms with van der Waals surface area (Å²) in [7, 11) is 0. The predicted octanol–water partition coefficient (Wildman–Crippen LogP) is 2.90. The third-order valence-electron chi connectivity index (χ3n) is 3.17. The molecule has 2 heterocycles. The van der Waals surface area contributed by atoms with E-state index in [9.17, 15) is 9.59 Å². The molecule has 1 aliphatic heterocycles. The number of rotatable bonds is 1. The Morgan fingerprint density at radius 1 is 1.29 bits per heavy atom. The minimum atomic E-state index is -0.287. The minimum Gasteiger partial charge on any atom is -0.463 e. The number of fused-ring (bicyclic) bond motifs is 1. The largest absolute Gasteiger partial charge is 0.463 e. The predicted molar refractivity (Wildman–Crippen MR) is 88.3 cm³/mol. The van der Waals surface area contributed by atoms with Crippen molar-refractivity contribution in [1.29, 1.82) is 0 Å². The minimum absolute atomic E-state index is 0.146. The van der Waals surface area contributed by atoms with Gasteiger partial charge >= 0.3 is 0 Å². The van der Waals surface area contributed by atoms with Gasteiger partial charge in [-0.25, -0.2) is 0 Å². The van der Waals surface area contributed by atoms with E-state index in [-0.39, 0.29) is 11.3 Å². The van der Waals surface area contributed by atoms with Crippen LogP contribution in [0.25, 0.3) is 17.0 Å². The van der Waals surface area contributed by atoms with Crippen molar-refractivity contribution >= 4 is 51.3 Å². The van der Waals surface area contributed by atoms with Crippen molar-refractivity contribution in [2.45, 2.75) is 13.8 Å². The third kappa shape index (κ3) is 2.52. The van der Waals surface area contributed by atoms with Gasteiger partial charge in [-0.3, -0.25) is 9.59 Å². The summed E-state index contributed by atoms with van der Waals surface area (Å²) in [6.07, 6.45) is 2.90. The molecule has 4 nitrogen and oxygen atoms in total. The Bertz CT molecular complexity index is 880. The molecule has 1 saturated heterocycles. The number of nitrogens with one attached hydrogen (secondary N) is 1. The summed E-state index contributed by atoms with van der Waals surface area (Å²) < 4.78 is 5.93. The molecule has 0 atom stereocenters. The second-order valence-corrected chi connectivity index (χ2v) is 6.55. The van der Waals surface area contributed by atoms with Crippen LogP contribution in [0.2, 0.25) is 0 Å². The van der Waals surface area contributed by atoms with Gasteiger partial charge in [0, 0.05) is 0 Å². The number of thioether (sulfide) groups is 1. The molecule has 21 heavy (non-hydrogen) atoms. The molecule has 1 N–H and O–H groups in total. The van der Waals surface area contributed by atoms with Crippen molar-refractivity contribution in [3.05, 3.63) is 50.2 Å². The Labute approximate surface area is 130 Å². The lowest BCUT2D eigenvalue weighted by molar-refractivity contribution is -0.115. The quantitative estimate of drug-likeness (QED) is 0.647. The smallest absolute Gasteiger partial charge is 0.263 e. The number of thiocarbonyl (C=S) groups is 1. The van der Waals surface area contributed by atoms with Crippen LogP contribution in [0.5, 0.6) is 0 Å². The van der Waals surface area contributed by atoms with E-state index in [1.807, 2.05) is 26.0 Å². The molecule has 0 bridgehead atoms. The van der Waals surface area contributed by atoms with Gasteiger partial charge in [0.1, 0.15) is 16.2 Å². The first-order valence-electron chi connectivity index (χ1n) is 6.23. The summed E-state index contributed by atoms with van der Waals surface area (Å²) in [6.45, 7) is 3.82. The number of carbonyl (C=O) groups excluding carboxylic acids is 1. The average molecular weight is 317 g/mol. The van der Waals surface area contributed by atoms with Gasteiger partial charge in [0.15, 0.2) is 5.43 Å². The SMILES string of the molecule is Cc1cc(C)c2c(=O)c(C=C3SC(=S)NC3=O)coc2c1. The summed E-state index contributed by atoms with van der Waals surface area (Å²) in [5.41, 5.74) is 2.64. The highest BCUT2D eigenvalue weighted by Crippen LogP contribution is 2.26. The first-order valence-corrected chi connectivity index (χ1v) is 7.46. The van der Waals surface area contributed by atoms with Crippen LogP contribution in [0.3, 0.4) is 0 Å². The molecular formula is C15H11NO3S2. The lowest BCUT2D eigenvalue weighted by atomic mass is 10.0. The molecule has 1 amide bonds. The third-order valence-corrected chi connectivity index (χ3v) is 4.34. The van der Waals surface area contributed by atoms with E-state index in [1.54, 1.807) is 0 Å². The van der Waals surface area contributed by atoms with Crippen molar-refractivity contribution in [3.63, 3.8) is 0 Å². The molecule has 1 aliphatic rings. The molecule has 0 unspecified atom stereocenters. The fourth-order valence-corrected chi connectivity index (χ4v) is 3.33. The first-order chi connectivity index (χ1) is 9.95. The van der Waals surface area contributed by atoms with Gasteiger partial charge in [-0.15, -0.1) is 0 Å². The van der Waals surface area contributed by atoms with Crippen molar-refractivity contribution in [2.75, 3.05) is 0 Å². The van der Waals surface area contributed by atoms with Gasteiger partial charge in [0.05, 0.1) is 15.9 Å². The molecule has 106 valence electrons. The van der Waals surface area contributed by atoms with Gasteiger partial charge in [0.25, 0.3) is 5.91 Å². The molecule has 3 rings (SSSR count). The van der Waals surface area contributed by atoms with Crippen LogP contribution >= 0.6 is 24.0 Å². The van der Waals surface area contributed by atoms with Gasteiger partial charge in [-0.05, 0) is 37.1 Å². The normalized spacial score (nSPS) is 16.8. The molecule has 0 aliphatic carbocycles. The molecule has 2 aromatic rings. The van der Waals surface area contributed by atoms with E-state index >= 15 is 0 Å². The number of benzene rings is 1. The number of hydrogen-bond acceptors (Lipinski definition) is 5. The van der Waals surface area contributed by atoms with Crippen LogP contribution in [-0.4, -0.2) is 10.2 Å². The van der Waals surface area contributed by atoms with Crippen molar-refractivity contribution in [2.24, 2.45) is 0 Å². The molecule has 0 spiro atoms. The fraction of sp³-hybridized carbons (Fsp3) is 0.133. The van der Waals surface area contributed by atoms with Crippen LogP contribution in [0.4, 0.5) is 0 Å². The summed E-state index contributed by atoms with van der Waals surface area (Å²) in [5.74, 6) is -0.287. The Morgan fingerprint density at radius 3 is 2.71 bits per heavy atom. The number of hydrogen-bond donors (Lipinski definition) is 1. The molecule has 0 saturated carbocycles. The van der Waals surface area contributed by atoms with E-state index in [1.165, 1.54) is 12.3 Å². The standard InChI is InChI=1S/C15H11NO3S2/c1-7-3-8(2)12-10(4-7)19-6-9(13(12)17)5-11-14(18)16-15(20)21-11/h3-6H,1-2H3,(H,16,18,20). The zero-order valence-electron chi connectivity index (χ0n) is 11.4. The topological polar surface area (TPSA) is 59.3 Å². The second kappa shape index (κ2) is 5.13. The number of amides is 1. The van der Waals surface area contributed by atoms with Crippen molar-refractivity contribution in [1.82, 2.24) is 5.32 Å². The van der Waals surface area contributed by atoms with Gasteiger partial charge in [-0.2, -0.15) is 0 Å². The maximum Gasteiger partial charge on any atom is 0.263 e. The van der Waals surface area contributed by atoms with Gasteiger partial charge in [0.2, 0.25) is 0 Å². The van der Waals surface area contributed by atoms with Crippen LogP contribution < -0.4 is 10.7 Å². The highest BCUT2D eigenvalue weighted by atomic mass is 32.2. The molecule has 0 radical (unpaired) electrons. The molecular weight excluding hydrogens is 306 g/mol. The van der Waals surface area contributed by atoms with Crippen LogP contribution in [-0.2, 0) is 4.79 Å². The highest BCUT2D eigenvalue weighted by Gasteiger charge is 2.22. The Balaban J connectivity index is 2.20. The Hall–Kier alpha value is -1.92. The maximum atomic E-state index is 12.6. The summed E-state index contributed by atoms with van der Waals surface area (Å²) in [4.78, 5) is 24.6. The van der Waals surface area contributed by atoms with Crippen molar-refractivity contribution in [3.8, 4) is 0 Å². The van der Waals surface area contributed by atoms with Crippen LogP contribution in [0.15, 0.2) is 32.5 Å².